The number of anilines is 1. The Balaban J connectivity index is 1.62. The lowest BCUT2D eigenvalue weighted by Crippen LogP contribution is -2.30. The highest BCUT2D eigenvalue weighted by atomic mass is 32.2. The van der Waals surface area contributed by atoms with Crippen LogP contribution in [0.25, 0.3) is 0 Å². The van der Waals surface area contributed by atoms with Crippen molar-refractivity contribution >= 4 is 21.6 Å². The van der Waals surface area contributed by atoms with Gasteiger partial charge in [-0.25, -0.2) is 8.42 Å². The number of rotatable bonds is 8. The van der Waals surface area contributed by atoms with Gasteiger partial charge in [0.1, 0.15) is 0 Å². The standard InChI is InChI=1S/C20H28N4O4S/c1-3-24(4-2)29(26,27)19-7-5-17(6-8-19)20(25)22-18-13-21-23(15-18)14-16-9-11-28-12-10-16/h5-8,13,15-16H,3-4,9-12,14H2,1-2H3,(H,22,25). The van der Waals surface area contributed by atoms with Gasteiger partial charge in [-0.15, -0.1) is 0 Å². The summed E-state index contributed by atoms with van der Waals surface area (Å²) in [6.07, 6.45) is 5.47. The highest BCUT2D eigenvalue weighted by molar-refractivity contribution is 7.89. The first kappa shape index (κ1) is 21.5. The number of hydrogen-bond donors (Lipinski definition) is 1. The van der Waals surface area contributed by atoms with Gasteiger partial charge in [0.05, 0.1) is 16.8 Å². The van der Waals surface area contributed by atoms with Gasteiger partial charge in [-0.2, -0.15) is 9.40 Å². The van der Waals surface area contributed by atoms with Crippen LogP contribution in [0.5, 0.6) is 0 Å². The molecule has 8 nitrogen and oxygen atoms in total. The van der Waals surface area contributed by atoms with Gasteiger partial charge in [0.25, 0.3) is 5.91 Å². The van der Waals surface area contributed by atoms with Gasteiger partial charge in [-0.3, -0.25) is 9.48 Å². The van der Waals surface area contributed by atoms with Crippen LogP contribution in [0, 0.1) is 5.92 Å². The highest BCUT2D eigenvalue weighted by Crippen LogP contribution is 2.19. The second-order valence-electron chi connectivity index (χ2n) is 7.07. The number of aromatic nitrogens is 2. The molecule has 0 spiro atoms. The van der Waals surface area contributed by atoms with E-state index in [1.54, 1.807) is 20.0 Å². The number of benzene rings is 1. The van der Waals surface area contributed by atoms with Crippen LogP contribution in [-0.4, -0.2) is 54.7 Å². The third-order valence-electron chi connectivity index (χ3n) is 5.14. The Morgan fingerprint density at radius 3 is 2.48 bits per heavy atom. The molecule has 1 N–H and O–H groups in total. The fourth-order valence-electron chi connectivity index (χ4n) is 3.42. The Morgan fingerprint density at radius 2 is 1.86 bits per heavy atom. The summed E-state index contributed by atoms with van der Waals surface area (Å²) in [4.78, 5) is 12.7. The average Bonchev–Trinajstić information content (AvgIpc) is 3.16. The summed E-state index contributed by atoms with van der Waals surface area (Å²) in [5, 5.41) is 7.13. The SMILES string of the molecule is CCN(CC)S(=O)(=O)c1ccc(C(=O)Nc2cnn(CC3CCOCC3)c2)cc1. The molecular formula is C20H28N4O4S. The molecule has 0 bridgehead atoms. The Bertz CT molecular complexity index is 914. The number of hydrogen-bond acceptors (Lipinski definition) is 5. The zero-order valence-electron chi connectivity index (χ0n) is 16.9. The molecule has 9 heteroatoms. The molecule has 1 amide bonds. The summed E-state index contributed by atoms with van der Waals surface area (Å²) in [6.45, 7) is 6.77. The van der Waals surface area contributed by atoms with E-state index in [4.69, 9.17) is 4.74 Å². The van der Waals surface area contributed by atoms with Crippen LogP contribution in [0.3, 0.4) is 0 Å². The lowest BCUT2D eigenvalue weighted by molar-refractivity contribution is 0.0601. The number of carbonyl (C=O) groups is 1. The van der Waals surface area contributed by atoms with E-state index in [0.717, 1.165) is 32.6 Å². The van der Waals surface area contributed by atoms with Gasteiger partial charge in [0.15, 0.2) is 0 Å². The van der Waals surface area contributed by atoms with E-state index >= 15 is 0 Å². The molecule has 2 aromatic rings. The molecule has 29 heavy (non-hydrogen) atoms. The molecule has 1 fully saturated rings. The summed E-state index contributed by atoms with van der Waals surface area (Å²) in [6, 6.07) is 5.99. The highest BCUT2D eigenvalue weighted by Gasteiger charge is 2.22. The van der Waals surface area contributed by atoms with E-state index in [1.807, 2.05) is 10.9 Å². The van der Waals surface area contributed by atoms with Crippen LogP contribution >= 0.6 is 0 Å². The third kappa shape index (κ3) is 5.23. The van der Waals surface area contributed by atoms with Crippen LogP contribution in [0.4, 0.5) is 5.69 Å². The van der Waals surface area contributed by atoms with Gasteiger partial charge >= 0.3 is 0 Å². The van der Waals surface area contributed by atoms with E-state index in [0.29, 0.717) is 30.3 Å². The lowest BCUT2D eigenvalue weighted by Gasteiger charge is -2.21. The third-order valence-corrected chi connectivity index (χ3v) is 7.20. The predicted octanol–water partition coefficient (Wildman–Crippen LogP) is 2.59. The number of nitrogens with one attached hydrogen (secondary N) is 1. The molecular weight excluding hydrogens is 392 g/mol. The number of sulfonamides is 1. The smallest absolute Gasteiger partial charge is 0.255 e. The summed E-state index contributed by atoms with van der Waals surface area (Å²) in [7, 11) is -3.53. The van der Waals surface area contributed by atoms with Crippen molar-refractivity contribution in [3.8, 4) is 0 Å². The van der Waals surface area contributed by atoms with Gasteiger partial charge in [0, 0.05) is 44.6 Å². The maximum atomic E-state index is 12.5. The molecule has 0 atom stereocenters. The maximum absolute atomic E-state index is 12.5. The van der Waals surface area contributed by atoms with Crippen molar-refractivity contribution in [3.05, 3.63) is 42.2 Å². The Hall–Kier alpha value is -2.23. The van der Waals surface area contributed by atoms with Crippen molar-refractivity contribution in [2.75, 3.05) is 31.6 Å². The van der Waals surface area contributed by atoms with Crippen molar-refractivity contribution in [1.29, 1.82) is 0 Å². The van der Waals surface area contributed by atoms with E-state index in [1.165, 1.54) is 28.6 Å². The zero-order chi connectivity index (χ0) is 20.9. The summed E-state index contributed by atoms with van der Waals surface area (Å²) < 4.78 is 33.7. The minimum absolute atomic E-state index is 0.182. The first-order valence-electron chi connectivity index (χ1n) is 9.95. The lowest BCUT2D eigenvalue weighted by atomic mass is 10.0. The molecule has 1 aromatic heterocycles. The van der Waals surface area contributed by atoms with Crippen molar-refractivity contribution in [1.82, 2.24) is 14.1 Å². The predicted molar refractivity (Wildman–Crippen MR) is 110 cm³/mol. The van der Waals surface area contributed by atoms with Crippen LogP contribution < -0.4 is 5.32 Å². The van der Waals surface area contributed by atoms with E-state index in [-0.39, 0.29) is 10.8 Å². The van der Waals surface area contributed by atoms with Gasteiger partial charge in [0.2, 0.25) is 10.0 Å². The molecule has 0 saturated carbocycles. The molecule has 0 aliphatic carbocycles. The van der Waals surface area contributed by atoms with Crippen molar-refractivity contribution in [2.45, 2.75) is 38.1 Å². The average molecular weight is 421 g/mol. The number of amides is 1. The van der Waals surface area contributed by atoms with Crippen molar-refractivity contribution in [3.63, 3.8) is 0 Å². The summed E-state index contributed by atoms with van der Waals surface area (Å²) in [5.41, 5.74) is 1.00. The van der Waals surface area contributed by atoms with Gasteiger partial charge in [-0.05, 0) is 43.0 Å². The Kier molecular flexibility index (Phi) is 7.05. The Labute approximate surface area is 171 Å². The molecule has 3 rings (SSSR count). The molecule has 0 unspecified atom stereocenters. The largest absolute Gasteiger partial charge is 0.381 e. The number of nitrogens with zero attached hydrogens (tertiary/aromatic N) is 3. The van der Waals surface area contributed by atoms with Crippen molar-refractivity contribution < 1.29 is 17.9 Å². The second kappa shape index (κ2) is 9.51. The molecule has 0 radical (unpaired) electrons. The second-order valence-corrected chi connectivity index (χ2v) is 9.01. The van der Waals surface area contributed by atoms with Crippen LogP contribution in [0.1, 0.15) is 37.0 Å². The first-order valence-corrected chi connectivity index (χ1v) is 11.4. The summed E-state index contributed by atoms with van der Waals surface area (Å²) in [5.74, 6) is 0.231. The normalized spacial score (nSPS) is 15.6. The number of carbonyl (C=O) groups excluding carboxylic acids is 1. The molecule has 1 aromatic carbocycles. The fraction of sp³-hybridized carbons (Fsp3) is 0.500. The van der Waals surface area contributed by atoms with Gasteiger partial charge < -0.3 is 10.1 Å². The molecule has 1 saturated heterocycles. The maximum Gasteiger partial charge on any atom is 0.255 e. The minimum Gasteiger partial charge on any atom is -0.381 e. The van der Waals surface area contributed by atoms with Crippen LogP contribution in [0.15, 0.2) is 41.6 Å². The molecule has 2 heterocycles. The quantitative estimate of drug-likeness (QED) is 0.708. The van der Waals surface area contributed by atoms with Gasteiger partial charge in [-0.1, -0.05) is 13.8 Å². The van der Waals surface area contributed by atoms with E-state index in [2.05, 4.69) is 10.4 Å². The molecule has 1 aliphatic heterocycles. The summed E-state index contributed by atoms with van der Waals surface area (Å²) >= 11 is 0. The fourth-order valence-corrected chi connectivity index (χ4v) is 4.87. The van der Waals surface area contributed by atoms with E-state index < -0.39 is 10.0 Å². The molecule has 1 aliphatic rings. The molecule has 158 valence electrons. The number of ether oxygens (including phenoxy) is 1. The van der Waals surface area contributed by atoms with Crippen LogP contribution in [-0.2, 0) is 21.3 Å². The van der Waals surface area contributed by atoms with Crippen molar-refractivity contribution in [2.24, 2.45) is 5.92 Å². The monoisotopic (exact) mass is 420 g/mol. The minimum atomic E-state index is -3.53. The zero-order valence-corrected chi connectivity index (χ0v) is 17.7. The Morgan fingerprint density at radius 1 is 1.21 bits per heavy atom. The topological polar surface area (TPSA) is 93.5 Å². The first-order chi connectivity index (χ1) is 13.9. The van der Waals surface area contributed by atoms with E-state index in [9.17, 15) is 13.2 Å². The van der Waals surface area contributed by atoms with Crippen LogP contribution in [0.2, 0.25) is 0 Å².